The quantitative estimate of drug-likeness (QED) is 0.703. The van der Waals surface area contributed by atoms with Gasteiger partial charge in [-0.25, -0.2) is 4.39 Å². The summed E-state index contributed by atoms with van der Waals surface area (Å²) in [6, 6.07) is 6.14. The van der Waals surface area contributed by atoms with Crippen LogP contribution < -0.4 is 16.0 Å². The average molecular weight is 431 g/mol. The predicted octanol–water partition coefficient (Wildman–Crippen LogP) is 2.76. The molecule has 0 aromatic heterocycles. The molecule has 1 aromatic rings. The molecule has 7 heteroatoms. The maximum atomic E-state index is 14.9. The summed E-state index contributed by atoms with van der Waals surface area (Å²) >= 11 is 0. The lowest BCUT2D eigenvalue weighted by Crippen LogP contribution is -2.43. The van der Waals surface area contributed by atoms with Crippen molar-refractivity contribution in [3.05, 3.63) is 29.6 Å². The summed E-state index contributed by atoms with van der Waals surface area (Å²) in [5.41, 5.74) is 7.30. The van der Waals surface area contributed by atoms with Gasteiger partial charge in [-0.05, 0) is 75.6 Å². The molecule has 2 saturated heterocycles. The van der Waals surface area contributed by atoms with Crippen LogP contribution in [0.3, 0.4) is 0 Å². The highest BCUT2D eigenvalue weighted by molar-refractivity contribution is 6.00. The Morgan fingerprint density at radius 2 is 1.81 bits per heavy atom. The highest BCUT2D eigenvalue weighted by Gasteiger charge is 2.30. The Morgan fingerprint density at radius 1 is 1.10 bits per heavy atom. The van der Waals surface area contributed by atoms with Crippen molar-refractivity contribution in [1.82, 2.24) is 10.2 Å². The van der Waals surface area contributed by atoms with Crippen LogP contribution in [0.5, 0.6) is 0 Å². The van der Waals surface area contributed by atoms with Gasteiger partial charge in [-0.3, -0.25) is 14.9 Å². The van der Waals surface area contributed by atoms with E-state index < -0.39 is 5.92 Å². The third kappa shape index (κ3) is 5.26. The molecule has 0 spiro atoms. The van der Waals surface area contributed by atoms with Gasteiger partial charge in [0, 0.05) is 38.1 Å². The topological polar surface area (TPSA) is 78.7 Å². The number of nitrogens with zero attached hydrogens (tertiary/aromatic N) is 2. The second-order valence-corrected chi connectivity index (χ2v) is 9.65. The van der Waals surface area contributed by atoms with Crippen molar-refractivity contribution < 1.29 is 14.0 Å². The second-order valence-electron chi connectivity index (χ2n) is 9.65. The van der Waals surface area contributed by atoms with Gasteiger partial charge >= 0.3 is 0 Å². The number of piperidine rings is 2. The molecule has 1 unspecified atom stereocenters. The van der Waals surface area contributed by atoms with Crippen LogP contribution in [0.1, 0.15) is 62.8 Å². The van der Waals surface area contributed by atoms with E-state index in [1.54, 1.807) is 6.07 Å². The minimum absolute atomic E-state index is 0.251. The first-order chi connectivity index (χ1) is 14.9. The summed E-state index contributed by atoms with van der Waals surface area (Å²) in [4.78, 5) is 28.1. The molecule has 6 nitrogen and oxygen atoms in total. The molecule has 2 aliphatic heterocycles. The number of rotatable bonds is 5. The van der Waals surface area contributed by atoms with Crippen molar-refractivity contribution in [2.45, 2.75) is 69.4 Å². The summed E-state index contributed by atoms with van der Waals surface area (Å²) in [5.74, 6) is -0.664. The van der Waals surface area contributed by atoms with Gasteiger partial charge in [-0.1, -0.05) is 6.07 Å². The number of carbonyl (C=O) groups is 2. The van der Waals surface area contributed by atoms with Crippen molar-refractivity contribution in [2.24, 2.45) is 11.7 Å². The van der Waals surface area contributed by atoms with E-state index >= 15 is 0 Å². The van der Waals surface area contributed by atoms with Crippen LogP contribution in [0, 0.1) is 11.7 Å². The summed E-state index contributed by atoms with van der Waals surface area (Å²) in [5, 5.41) is 2.35. The number of imide groups is 1. The summed E-state index contributed by atoms with van der Waals surface area (Å²) < 4.78 is 14.9. The van der Waals surface area contributed by atoms with E-state index in [-0.39, 0.29) is 17.6 Å². The molecule has 4 rings (SSSR count). The first-order valence-corrected chi connectivity index (χ1v) is 11.7. The fourth-order valence-corrected chi connectivity index (χ4v) is 5.46. The van der Waals surface area contributed by atoms with E-state index in [0.29, 0.717) is 42.1 Å². The molecule has 31 heavy (non-hydrogen) atoms. The standard InChI is InChI=1S/C24H35FN4O2/c1-28(19-5-3-18(26)4-6-19)15-16-10-12-29(13-11-16)22-8-2-17(14-21(22)25)20-7-9-23(30)27-24(20)31/h2,8,14,16,18-20H,3-7,9-13,15,26H2,1H3,(H,27,30,31)/t18-,19-,20?. The molecular formula is C24H35FN4O2. The zero-order valence-corrected chi connectivity index (χ0v) is 18.5. The van der Waals surface area contributed by atoms with E-state index in [1.807, 2.05) is 6.07 Å². The van der Waals surface area contributed by atoms with Gasteiger partial charge in [0.1, 0.15) is 5.82 Å². The van der Waals surface area contributed by atoms with E-state index in [1.165, 1.54) is 18.9 Å². The Bertz CT molecular complexity index is 801. The molecule has 3 N–H and O–H groups in total. The Morgan fingerprint density at radius 3 is 2.45 bits per heavy atom. The average Bonchev–Trinajstić information content (AvgIpc) is 2.75. The van der Waals surface area contributed by atoms with E-state index in [2.05, 4.69) is 22.2 Å². The number of carbonyl (C=O) groups excluding carboxylic acids is 2. The number of hydrogen-bond acceptors (Lipinski definition) is 5. The fraction of sp³-hybridized carbons (Fsp3) is 0.667. The van der Waals surface area contributed by atoms with Crippen molar-refractivity contribution in [2.75, 3.05) is 31.6 Å². The number of hydrogen-bond donors (Lipinski definition) is 2. The highest BCUT2D eigenvalue weighted by Crippen LogP contribution is 2.31. The number of anilines is 1. The van der Waals surface area contributed by atoms with Crippen molar-refractivity contribution >= 4 is 17.5 Å². The minimum Gasteiger partial charge on any atom is -0.369 e. The first kappa shape index (κ1) is 22.2. The zero-order chi connectivity index (χ0) is 22.0. The lowest BCUT2D eigenvalue weighted by atomic mass is 9.89. The van der Waals surface area contributed by atoms with E-state index in [4.69, 9.17) is 5.73 Å². The molecule has 1 aromatic carbocycles. The summed E-state index contributed by atoms with van der Waals surface area (Å²) in [7, 11) is 2.24. The van der Waals surface area contributed by atoms with Crippen LogP contribution in [0.15, 0.2) is 18.2 Å². The second kappa shape index (κ2) is 9.65. The van der Waals surface area contributed by atoms with E-state index in [9.17, 15) is 14.0 Å². The van der Waals surface area contributed by atoms with Crippen LogP contribution >= 0.6 is 0 Å². The number of nitrogens with two attached hydrogens (primary N) is 1. The number of amides is 2. The fourth-order valence-electron chi connectivity index (χ4n) is 5.46. The Labute approximate surface area is 184 Å². The number of benzene rings is 1. The summed E-state index contributed by atoms with van der Waals surface area (Å²) in [6.07, 6.45) is 7.51. The van der Waals surface area contributed by atoms with Crippen LogP contribution in [-0.4, -0.2) is 55.5 Å². The van der Waals surface area contributed by atoms with Crippen LogP contribution in [0.4, 0.5) is 10.1 Å². The largest absolute Gasteiger partial charge is 0.369 e. The van der Waals surface area contributed by atoms with Gasteiger partial charge < -0.3 is 15.5 Å². The molecule has 0 radical (unpaired) electrons. The molecule has 3 fully saturated rings. The first-order valence-electron chi connectivity index (χ1n) is 11.7. The van der Waals surface area contributed by atoms with Crippen LogP contribution in [0.2, 0.25) is 0 Å². The molecule has 170 valence electrons. The van der Waals surface area contributed by atoms with Crippen LogP contribution in [-0.2, 0) is 9.59 Å². The number of halogens is 1. The molecule has 1 aliphatic carbocycles. The SMILES string of the molecule is CN(CC1CCN(c2ccc(C3CCC(=O)NC3=O)cc2F)CC1)[C@H]1CC[C@H](N)CC1. The molecule has 1 atom stereocenters. The maximum Gasteiger partial charge on any atom is 0.234 e. The molecule has 3 aliphatic rings. The third-order valence-electron chi connectivity index (χ3n) is 7.48. The summed E-state index contributed by atoms with van der Waals surface area (Å²) in [6.45, 7) is 2.80. The van der Waals surface area contributed by atoms with Crippen molar-refractivity contribution in [1.29, 1.82) is 0 Å². The molecule has 2 heterocycles. The van der Waals surface area contributed by atoms with Crippen molar-refractivity contribution in [3.63, 3.8) is 0 Å². The van der Waals surface area contributed by atoms with Gasteiger partial charge in [-0.15, -0.1) is 0 Å². The normalized spacial score (nSPS) is 28.1. The lowest BCUT2D eigenvalue weighted by molar-refractivity contribution is -0.134. The number of nitrogens with one attached hydrogen (secondary N) is 1. The third-order valence-corrected chi connectivity index (χ3v) is 7.48. The Hall–Kier alpha value is -1.99. The monoisotopic (exact) mass is 430 g/mol. The zero-order valence-electron chi connectivity index (χ0n) is 18.5. The molecular weight excluding hydrogens is 395 g/mol. The smallest absolute Gasteiger partial charge is 0.234 e. The molecule has 0 bridgehead atoms. The Balaban J connectivity index is 1.30. The Kier molecular flexibility index (Phi) is 6.92. The van der Waals surface area contributed by atoms with Gasteiger partial charge in [-0.2, -0.15) is 0 Å². The lowest BCUT2D eigenvalue weighted by Gasteiger charge is -2.39. The molecule has 2 amide bonds. The minimum atomic E-state index is -0.447. The van der Waals surface area contributed by atoms with Crippen LogP contribution in [0.25, 0.3) is 0 Å². The van der Waals surface area contributed by atoms with Gasteiger partial charge in [0.05, 0.1) is 11.6 Å². The van der Waals surface area contributed by atoms with Gasteiger partial charge in [0.15, 0.2) is 0 Å². The molecule has 1 saturated carbocycles. The highest BCUT2D eigenvalue weighted by atomic mass is 19.1. The maximum absolute atomic E-state index is 14.9. The van der Waals surface area contributed by atoms with Gasteiger partial charge in [0.2, 0.25) is 11.8 Å². The van der Waals surface area contributed by atoms with E-state index in [0.717, 1.165) is 45.3 Å². The predicted molar refractivity (Wildman–Crippen MR) is 119 cm³/mol. The van der Waals surface area contributed by atoms with Crippen molar-refractivity contribution in [3.8, 4) is 0 Å². The van der Waals surface area contributed by atoms with Gasteiger partial charge in [0.25, 0.3) is 0 Å².